The first kappa shape index (κ1) is 14.0. The fourth-order valence-corrected chi connectivity index (χ4v) is 3.52. The second-order valence-electron chi connectivity index (χ2n) is 4.57. The number of nitrogens with one attached hydrogen (secondary N) is 1. The minimum Gasteiger partial charge on any atom is -0.492 e. The second kappa shape index (κ2) is 5.46. The molecule has 3 aromatic rings. The summed E-state index contributed by atoms with van der Waals surface area (Å²) < 4.78 is 7.47. The predicted octanol–water partition coefficient (Wildman–Crippen LogP) is 3.82. The smallest absolute Gasteiger partial charge is 0.267 e. The summed E-state index contributed by atoms with van der Waals surface area (Å²) in [5.74, 6) is 0.646. The van der Waals surface area contributed by atoms with Crippen LogP contribution >= 0.6 is 23.6 Å². The third kappa shape index (κ3) is 2.41. The fourth-order valence-electron chi connectivity index (χ4n) is 2.27. The number of ether oxygens (including phenoxy) is 1. The quantitative estimate of drug-likeness (QED) is 0.747. The van der Waals surface area contributed by atoms with Gasteiger partial charge in [-0.3, -0.25) is 4.79 Å². The zero-order valence-corrected chi connectivity index (χ0v) is 13.3. The van der Waals surface area contributed by atoms with Gasteiger partial charge < -0.3 is 9.72 Å². The average Bonchev–Trinajstić information content (AvgIpc) is 2.82. The van der Waals surface area contributed by atoms with Gasteiger partial charge in [-0.25, -0.2) is 4.57 Å². The monoisotopic (exact) mass is 318 g/mol. The Hall–Kier alpha value is -1.92. The van der Waals surface area contributed by atoms with Crippen LogP contribution in [0.2, 0.25) is 0 Å². The Morgan fingerprint density at radius 2 is 2.14 bits per heavy atom. The van der Waals surface area contributed by atoms with E-state index in [0.29, 0.717) is 28.2 Å². The molecule has 108 valence electrons. The molecule has 0 radical (unpaired) electrons. The van der Waals surface area contributed by atoms with Gasteiger partial charge in [-0.1, -0.05) is 12.1 Å². The lowest BCUT2D eigenvalue weighted by molar-refractivity contribution is 0.339. The van der Waals surface area contributed by atoms with Crippen LogP contribution in [0.1, 0.15) is 11.8 Å². The first-order valence-corrected chi connectivity index (χ1v) is 7.82. The van der Waals surface area contributed by atoms with E-state index < -0.39 is 0 Å². The van der Waals surface area contributed by atoms with Gasteiger partial charge in [0.05, 0.1) is 17.7 Å². The van der Waals surface area contributed by atoms with Crippen LogP contribution in [0.3, 0.4) is 0 Å². The molecule has 2 aromatic heterocycles. The lowest BCUT2D eigenvalue weighted by Gasteiger charge is -2.12. The maximum absolute atomic E-state index is 12.7. The van der Waals surface area contributed by atoms with Gasteiger partial charge in [-0.2, -0.15) is 0 Å². The van der Waals surface area contributed by atoms with Gasteiger partial charge in [0.1, 0.15) is 10.6 Å². The minimum absolute atomic E-state index is 0.120. The molecule has 1 aromatic carbocycles. The number of aryl methyl sites for hydroxylation is 1. The number of hydrogen-bond donors (Lipinski definition) is 1. The van der Waals surface area contributed by atoms with Crippen molar-refractivity contribution in [1.82, 2.24) is 9.55 Å². The Balaban J connectivity index is 2.35. The highest BCUT2D eigenvalue weighted by molar-refractivity contribution is 7.71. The van der Waals surface area contributed by atoms with Crippen molar-refractivity contribution in [3.05, 3.63) is 50.3 Å². The van der Waals surface area contributed by atoms with Gasteiger partial charge in [0.2, 0.25) is 0 Å². The minimum atomic E-state index is -0.120. The summed E-state index contributed by atoms with van der Waals surface area (Å²) in [7, 11) is 0. The molecule has 2 heterocycles. The highest BCUT2D eigenvalue weighted by atomic mass is 32.1. The van der Waals surface area contributed by atoms with Crippen molar-refractivity contribution in [3.63, 3.8) is 0 Å². The maximum Gasteiger partial charge on any atom is 0.267 e. The molecule has 0 atom stereocenters. The molecular formula is C15H14N2O2S2. The van der Waals surface area contributed by atoms with Crippen molar-refractivity contribution in [1.29, 1.82) is 0 Å². The van der Waals surface area contributed by atoms with Gasteiger partial charge >= 0.3 is 0 Å². The van der Waals surface area contributed by atoms with Crippen LogP contribution in [0.5, 0.6) is 5.75 Å². The molecule has 1 N–H and O–H groups in total. The lowest BCUT2D eigenvalue weighted by atomic mass is 10.2. The number of hydrogen-bond acceptors (Lipinski definition) is 4. The summed E-state index contributed by atoms with van der Waals surface area (Å²) >= 11 is 6.89. The molecule has 0 aliphatic rings. The SMILES string of the molecule is CCOc1ccccc1-n1c(=S)[nH]c2sc(C)cc2c1=O. The normalized spacial score (nSPS) is 11.0. The molecule has 0 saturated carbocycles. The second-order valence-corrected chi connectivity index (χ2v) is 6.21. The number of thiophene rings is 1. The Morgan fingerprint density at radius 1 is 1.38 bits per heavy atom. The molecule has 4 nitrogen and oxygen atoms in total. The Morgan fingerprint density at radius 3 is 2.90 bits per heavy atom. The number of para-hydroxylation sites is 2. The molecule has 0 aliphatic carbocycles. The highest BCUT2D eigenvalue weighted by Crippen LogP contribution is 2.24. The van der Waals surface area contributed by atoms with Gasteiger partial charge in [-0.05, 0) is 44.3 Å². The van der Waals surface area contributed by atoms with E-state index in [1.807, 2.05) is 44.2 Å². The van der Waals surface area contributed by atoms with E-state index >= 15 is 0 Å². The van der Waals surface area contributed by atoms with Crippen molar-refractivity contribution in [2.75, 3.05) is 6.61 Å². The van der Waals surface area contributed by atoms with E-state index in [-0.39, 0.29) is 5.56 Å². The zero-order valence-electron chi connectivity index (χ0n) is 11.7. The number of nitrogens with zero attached hydrogens (tertiary/aromatic N) is 1. The van der Waals surface area contributed by atoms with Crippen LogP contribution in [0.15, 0.2) is 35.1 Å². The van der Waals surface area contributed by atoms with Gasteiger partial charge in [0, 0.05) is 4.88 Å². The first-order chi connectivity index (χ1) is 10.1. The first-order valence-electron chi connectivity index (χ1n) is 6.59. The summed E-state index contributed by atoms with van der Waals surface area (Å²) in [5.41, 5.74) is 0.543. The van der Waals surface area contributed by atoms with Crippen molar-refractivity contribution < 1.29 is 4.74 Å². The Bertz CT molecular complexity index is 921. The molecule has 21 heavy (non-hydrogen) atoms. The molecule has 0 aliphatic heterocycles. The Labute approximate surface area is 130 Å². The number of aromatic amines is 1. The van der Waals surface area contributed by atoms with Crippen LogP contribution < -0.4 is 10.3 Å². The summed E-state index contributed by atoms with van der Waals surface area (Å²) in [6, 6.07) is 9.29. The van der Waals surface area contributed by atoms with Crippen LogP contribution in [-0.2, 0) is 0 Å². The summed E-state index contributed by atoms with van der Waals surface area (Å²) in [5, 5.41) is 0.650. The lowest BCUT2D eigenvalue weighted by Crippen LogP contribution is -2.20. The number of rotatable bonds is 3. The third-order valence-electron chi connectivity index (χ3n) is 3.12. The number of H-pyrrole nitrogens is 1. The van der Waals surface area contributed by atoms with Crippen molar-refractivity contribution in [3.8, 4) is 11.4 Å². The molecule has 0 unspecified atom stereocenters. The summed E-state index contributed by atoms with van der Waals surface area (Å²) in [6.45, 7) is 4.41. The third-order valence-corrected chi connectivity index (χ3v) is 4.37. The topological polar surface area (TPSA) is 47.0 Å². The van der Waals surface area contributed by atoms with Gasteiger partial charge in [-0.15, -0.1) is 11.3 Å². The van der Waals surface area contributed by atoms with Crippen LogP contribution in [0.25, 0.3) is 15.9 Å². The maximum atomic E-state index is 12.7. The molecule has 0 bridgehead atoms. The van der Waals surface area contributed by atoms with Crippen LogP contribution in [-0.4, -0.2) is 16.2 Å². The van der Waals surface area contributed by atoms with Crippen molar-refractivity contribution in [2.24, 2.45) is 0 Å². The molecule has 0 amide bonds. The largest absolute Gasteiger partial charge is 0.492 e. The van der Waals surface area contributed by atoms with Gasteiger partial charge in [0.25, 0.3) is 5.56 Å². The van der Waals surface area contributed by atoms with Crippen molar-refractivity contribution >= 4 is 33.8 Å². The summed E-state index contributed by atoms with van der Waals surface area (Å²) in [4.78, 5) is 17.8. The standard InChI is InChI=1S/C15H14N2O2S2/c1-3-19-12-7-5-4-6-11(12)17-14(18)10-8-9(2)21-13(10)16-15(17)20/h4-8H,3H2,1-2H3,(H,16,20). The zero-order chi connectivity index (χ0) is 15.0. The number of aromatic nitrogens is 2. The van der Waals surface area contributed by atoms with Crippen LogP contribution in [0, 0.1) is 11.7 Å². The molecule has 0 spiro atoms. The van der Waals surface area contributed by atoms with E-state index in [0.717, 1.165) is 9.71 Å². The molecule has 0 saturated heterocycles. The van der Waals surface area contributed by atoms with Crippen LogP contribution in [0.4, 0.5) is 0 Å². The fraction of sp³-hybridized carbons (Fsp3) is 0.200. The predicted molar refractivity (Wildman–Crippen MR) is 88.5 cm³/mol. The average molecular weight is 318 g/mol. The number of fused-ring (bicyclic) bond motifs is 1. The molecule has 6 heteroatoms. The highest BCUT2D eigenvalue weighted by Gasteiger charge is 2.13. The number of benzene rings is 1. The van der Waals surface area contributed by atoms with E-state index in [1.54, 1.807) is 0 Å². The Kier molecular flexibility index (Phi) is 3.65. The van der Waals surface area contributed by atoms with E-state index in [4.69, 9.17) is 17.0 Å². The van der Waals surface area contributed by atoms with E-state index in [2.05, 4.69) is 4.98 Å². The van der Waals surface area contributed by atoms with E-state index in [9.17, 15) is 4.79 Å². The van der Waals surface area contributed by atoms with E-state index in [1.165, 1.54) is 15.9 Å². The van der Waals surface area contributed by atoms with Crippen molar-refractivity contribution in [2.45, 2.75) is 13.8 Å². The molecule has 3 rings (SSSR count). The molecule has 0 fully saturated rings. The molecular weight excluding hydrogens is 304 g/mol. The van der Waals surface area contributed by atoms with Gasteiger partial charge in [0.15, 0.2) is 4.77 Å². The summed E-state index contributed by atoms with van der Waals surface area (Å²) in [6.07, 6.45) is 0.